The first-order valence-electron chi connectivity index (χ1n) is 15.3. The highest BCUT2D eigenvalue weighted by molar-refractivity contribution is 5.90. The number of aromatic nitrogens is 2. The van der Waals surface area contributed by atoms with Crippen LogP contribution in [-0.4, -0.2) is 81.6 Å². The second kappa shape index (κ2) is 12.5. The number of cyclic esters (lactones) is 1. The molecule has 1 aromatic rings. The van der Waals surface area contributed by atoms with Crippen molar-refractivity contribution in [2.24, 2.45) is 11.3 Å². The maximum atomic E-state index is 14.8. The van der Waals surface area contributed by atoms with E-state index < -0.39 is 83.1 Å². The molecule has 16 heteroatoms. The summed E-state index contributed by atoms with van der Waals surface area (Å²) in [5, 5.41) is 10.2. The van der Waals surface area contributed by atoms with Crippen LogP contribution in [0.1, 0.15) is 59.1 Å². The molecule has 4 aliphatic rings. The van der Waals surface area contributed by atoms with E-state index in [4.69, 9.17) is 29.4 Å². The van der Waals surface area contributed by atoms with Gasteiger partial charge in [0.1, 0.15) is 35.1 Å². The van der Waals surface area contributed by atoms with Crippen LogP contribution >= 0.6 is 0 Å². The van der Waals surface area contributed by atoms with Crippen molar-refractivity contribution < 1.29 is 56.7 Å². The average Bonchev–Trinajstić information content (AvgIpc) is 3.32. The van der Waals surface area contributed by atoms with Gasteiger partial charge in [0.2, 0.25) is 6.23 Å². The number of allylic oxidation sites excluding steroid dienone is 3. The Morgan fingerprint density at radius 3 is 2.62 bits per heavy atom. The van der Waals surface area contributed by atoms with Crippen LogP contribution < -0.4 is 11.4 Å². The molecule has 0 aromatic carbocycles. The van der Waals surface area contributed by atoms with Gasteiger partial charge in [-0.2, -0.15) is 13.8 Å². The van der Waals surface area contributed by atoms with Crippen molar-refractivity contribution in [3.05, 3.63) is 58.2 Å². The molecule has 2 aliphatic carbocycles. The molecule has 1 aromatic heterocycles. The number of aliphatic hydroxyl groups excluding tert-OH is 1. The van der Waals surface area contributed by atoms with Crippen LogP contribution in [0.3, 0.4) is 0 Å². The first kappa shape index (κ1) is 34.9. The highest BCUT2D eigenvalue weighted by Gasteiger charge is 2.74. The number of nitrogens with zero attached hydrogens (tertiary/aromatic N) is 2. The zero-order valence-electron chi connectivity index (χ0n) is 26.8. The predicted octanol–water partition coefficient (Wildman–Crippen LogP) is 2.06. The number of ether oxygens (including phenoxy) is 5. The fourth-order valence-electron chi connectivity index (χ4n) is 7.43. The fraction of sp³-hybridized carbons (Fsp3) is 0.562. The summed E-state index contributed by atoms with van der Waals surface area (Å²) < 4.78 is 57.4. The Balaban J connectivity index is 1.30. The van der Waals surface area contributed by atoms with Gasteiger partial charge in [-0.15, -0.1) is 0 Å². The lowest BCUT2D eigenvalue weighted by Crippen LogP contribution is -2.65. The highest BCUT2D eigenvalue weighted by Crippen LogP contribution is 2.65. The quantitative estimate of drug-likeness (QED) is 0.176. The monoisotopic (exact) mass is 677 g/mol. The molecule has 14 nitrogen and oxygen atoms in total. The maximum Gasteiger partial charge on any atom is 0.351 e. The van der Waals surface area contributed by atoms with Gasteiger partial charge < -0.3 is 34.5 Å². The Hall–Kier alpha value is -4.44. The topological polar surface area (TPSA) is 196 Å². The van der Waals surface area contributed by atoms with Gasteiger partial charge in [0.25, 0.3) is 0 Å². The second-order valence-corrected chi connectivity index (χ2v) is 12.7. The number of nitrogen functional groups attached to an aromatic ring is 1. The third-order valence-electron chi connectivity index (χ3n) is 9.82. The minimum absolute atomic E-state index is 0.0311. The van der Waals surface area contributed by atoms with Gasteiger partial charge in [0, 0.05) is 30.2 Å². The van der Waals surface area contributed by atoms with Crippen LogP contribution in [0.15, 0.2) is 52.5 Å². The largest absolute Gasteiger partial charge is 0.466 e. The zero-order valence-corrected chi connectivity index (χ0v) is 26.8. The van der Waals surface area contributed by atoms with Gasteiger partial charge in [-0.3, -0.25) is 14.2 Å². The molecule has 0 amide bonds. The Labute approximate surface area is 273 Å². The standard InChI is InChI=1S/C32H37F2N3O11/c1-17(24(40)45-16-20-23(39)32(33,34)26(46-20)37-15-10-22(35)36-28(37)43)6-5-11-29(3)21-9-13-30(27(42)48-29)12-7-19(25(41)44-4)8-14-31(21,30)47-18(2)38/h5-7,10-11,15,20-21,23,26,39H,8-9,12-14,16H2,1-4H3,(H2,35,36,43)/b11-5+,17-6+/t20?,21-,23?,26?,29+,30+,31-/m0/s1. The van der Waals surface area contributed by atoms with Crippen LogP contribution in [0.25, 0.3) is 0 Å². The molecule has 5 rings (SSSR count). The molecule has 260 valence electrons. The van der Waals surface area contributed by atoms with Crippen molar-refractivity contribution in [3.63, 3.8) is 0 Å². The number of esters is 4. The molecule has 0 radical (unpaired) electrons. The molecule has 3 N–H and O–H groups in total. The van der Waals surface area contributed by atoms with Gasteiger partial charge in [-0.05, 0) is 58.1 Å². The minimum atomic E-state index is -3.92. The van der Waals surface area contributed by atoms with Crippen LogP contribution in [-0.2, 0) is 42.9 Å². The van der Waals surface area contributed by atoms with E-state index in [1.165, 1.54) is 33.1 Å². The van der Waals surface area contributed by atoms with Crippen LogP contribution in [0, 0.1) is 11.3 Å². The van der Waals surface area contributed by atoms with Crippen LogP contribution in [0.5, 0.6) is 0 Å². The van der Waals surface area contributed by atoms with Crippen molar-refractivity contribution >= 4 is 29.7 Å². The molecule has 3 fully saturated rings. The first-order chi connectivity index (χ1) is 22.5. The lowest BCUT2D eigenvalue weighted by molar-refractivity contribution is -0.235. The van der Waals surface area contributed by atoms with Crippen molar-refractivity contribution in [1.29, 1.82) is 0 Å². The molecule has 3 heterocycles. The SMILES string of the molecule is COC(=O)C1=CC[C@@]23CC[C@@H]([C@@](C)(/C=C/C=C(\C)C(=O)OCC4OC(n5ccc(N)nc5=O)C(F)(F)C4O)OC2=O)[C@@]3(OC(C)=O)CC1. The summed E-state index contributed by atoms with van der Waals surface area (Å²) in [5.41, 5.74) is 0.968. The molecule has 7 atom stereocenters. The van der Waals surface area contributed by atoms with E-state index in [2.05, 4.69) is 4.98 Å². The molecule has 1 saturated carbocycles. The number of carbonyl (C=O) groups is 4. The Morgan fingerprint density at radius 1 is 1.23 bits per heavy atom. The molecular weight excluding hydrogens is 640 g/mol. The predicted molar refractivity (Wildman–Crippen MR) is 160 cm³/mol. The third-order valence-corrected chi connectivity index (χ3v) is 9.82. The summed E-state index contributed by atoms with van der Waals surface area (Å²) in [6.07, 6.45) is 2.10. The van der Waals surface area contributed by atoms with Crippen molar-refractivity contribution in [1.82, 2.24) is 9.55 Å². The maximum absolute atomic E-state index is 14.8. The number of rotatable bonds is 8. The van der Waals surface area contributed by atoms with Crippen LogP contribution in [0.4, 0.5) is 14.6 Å². The number of alkyl halides is 2. The molecule has 2 saturated heterocycles. The molecular formula is C32H37F2N3O11. The fourth-order valence-corrected chi connectivity index (χ4v) is 7.43. The molecule has 2 bridgehead atoms. The van der Waals surface area contributed by atoms with E-state index in [9.17, 15) is 37.9 Å². The number of methoxy groups -OCH3 is 1. The van der Waals surface area contributed by atoms with Crippen molar-refractivity contribution in [2.45, 2.75) is 88.4 Å². The van der Waals surface area contributed by atoms with E-state index in [0.29, 0.717) is 23.0 Å². The summed E-state index contributed by atoms with van der Waals surface area (Å²) in [4.78, 5) is 66.8. The van der Waals surface area contributed by atoms with Crippen molar-refractivity contribution in [2.75, 3.05) is 19.5 Å². The Bertz CT molecular complexity index is 1670. The number of hydrogen-bond donors (Lipinski definition) is 2. The number of hydrogen-bond acceptors (Lipinski definition) is 13. The van der Waals surface area contributed by atoms with E-state index in [-0.39, 0.29) is 30.7 Å². The highest BCUT2D eigenvalue weighted by atomic mass is 19.3. The Morgan fingerprint density at radius 2 is 1.96 bits per heavy atom. The van der Waals surface area contributed by atoms with Gasteiger partial charge in [0.15, 0.2) is 6.10 Å². The molecule has 0 spiro atoms. The first-order valence-corrected chi connectivity index (χ1v) is 15.3. The number of aliphatic hydroxyl groups is 1. The minimum Gasteiger partial charge on any atom is -0.466 e. The van der Waals surface area contributed by atoms with Crippen LogP contribution in [0.2, 0.25) is 0 Å². The summed E-state index contributed by atoms with van der Waals surface area (Å²) in [5.74, 6) is -7.20. The van der Waals surface area contributed by atoms with Gasteiger partial charge in [-0.25, -0.2) is 14.4 Å². The second-order valence-electron chi connectivity index (χ2n) is 12.7. The molecule has 3 unspecified atom stereocenters. The van der Waals surface area contributed by atoms with E-state index in [1.54, 1.807) is 19.1 Å². The number of halogens is 2. The van der Waals surface area contributed by atoms with E-state index in [0.717, 1.165) is 12.3 Å². The Kier molecular flexibility index (Phi) is 9.11. The summed E-state index contributed by atoms with van der Waals surface area (Å²) >= 11 is 0. The number of carbonyl (C=O) groups excluding carboxylic acids is 4. The third kappa shape index (κ3) is 5.70. The molecule has 48 heavy (non-hydrogen) atoms. The zero-order chi connectivity index (χ0) is 35.2. The van der Waals surface area contributed by atoms with E-state index >= 15 is 0 Å². The van der Waals surface area contributed by atoms with Crippen molar-refractivity contribution in [3.8, 4) is 0 Å². The van der Waals surface area contributed by atoms with Gasteiger partial charge in [-0.1, -0.05) is 18.2 Å². The molecule has 2 aliphatic heterocycles. The lowest BCUT2D eigenvalue weighted by Gasteiger charge is -2.54. The average molecular weight is 678 g/mol. The van der Waals surface area contributed by atoms with E-state index in [1.807, 2.05) is 0 Å². The number of nitrogens with two attached hydrogens (primary N) is 1. The summed E-state index contributed by atoms with van der Waals surface area (Å²) in [6.45, 7) is 3.57. The lowest BCUT2D eigenvalue weighted by atomic mass is 9.62. The smallest absolute Gasteiger partial charge is 0.351 e. The number of anilines is 1. The van der Waals surface area contributed by atoms with Gasteiger partial charge >= 0.3 is 35.5 Å². The summed E-state index contributed by atoms with van der Waals surface area (Å²) in [7, 11) is 1.26. The summed E-state index contributed by atoms with van der Waals surface area (Å²) in [6, 6.07) is 1.12. The van der Waals surface area contributed by atoms with Gasteiger partial charge in [0.05, 0.1) is 7.11 Å². The normalized spacial score (nSPS) is 34.1.